The summed E-state index contributed by atoms with van der Waals surface area (Å²) in [6.45, 7) is 6.18. The number of tetrazole rings is 1. The van der Waals surface area contributed by atoms with Gasteiger partial charge in [-0.2, -0.15) is 0 Å². The van der Waals surface area contributed by atoms with Crippen LogP contribution in [0.2, 0.25) is 0 Å². The first kappa shape index (κ1) is 17.8. The lowest BCUT2D eigenvalue weighted by atomic mass is 10.1. The zero-order valence-electron chi connectivity index (χ0n) is 15.6. The number of amides is 1. The second kappa shape index (κ2) is 7.19. The van der Waals surface area contributed by atoms with Crippen molar-refractivity contribution in [3.63, 3.8) is 0 Å². The minimum atomic E-state index is -0.126. The fourth-order valence-electron chi connectivity index (χ4n) is 2.97. The molecule has 0 aliphatic heterocycles. The van der Waals surface area contributed by atoms with E-state index in [4.69, 9.17) is 0 Å². The van der Waals surface area contributed by atoms with Crippen molar-refractivity contribution in [1.29, 1.82) is 0 Å². The minimum absolute atomic E-state index is 0.126. The summed E-state index contributed by atoms with van der Waals surface area (Å²) in [5, 5.41) is 16.0. The maximum absolute atomic E-state index is 12.7. The molecule has 7 nitrogen and oxygen atoms in total. The van der Waals surface area contributed by atoms with Crippen molar-refractivity contribution >= 4 is 22.9 Å². The topological polar surface area (TPSA) is 85.6 Å². The number of rotatable bonds is 6. The SMILES string of the molecule is Cc1nc(CC(C)C)sc1C(=O)Nc1cccc(-c2nnnn2C2CC2)c1. The van der Waals surface area contributed by atoms with E-state index in [9.17, 15) is 4.79 Å². The molecule has 2 aromatic heterocycles. The third-order valence-electron chi connectivity index (χ3n) is 4.39. The van der Waals surface area contributed by atoms with Gasteiger partial charge in [-0.25, -0.2) is 9.67 Å². The molecule has 1 aliphatic carbocycles. The summed E-state index contributed by atoms with van der Waals surface area (Å²) < 4.78 is 1.87. The van der Waals surface area contributed by atoms with Crippen molar-refractivity contribution in [2.24, 2.45) is 5.92 Å². The number of benzene rings is 1. The lowest BCUT2D eigenvalue weighted by Gasteiger charge is -2.07. The van der Waals surface area contributed by atoms with Gasteiger partial charge in [-0.05, 0) is 48.2 Å². The number of anilines is 1. The van der Waals surface area contributed by atoms with Crippen LogP contribution in [0.5, 0.6) is 0 Å². The summed E-state index contributed by atoms with van der Waals surface area (Å²) in [5.74, 6) is 1.13. The highest BCUT2D eigenvalue weighted by molar-refractivity contribution is 7.13. The van der Waals surface area contributed by atoms with E-state index in [1.165, 1.54) is 11.3 Å². The van der Waals surface area contributed by atoms with Crippen LogP contribution in [0.15, 0.2) is 24.3 Å². The van der Waals surface area contributed by atoms with Crippen LogP contribution >= 0.6 is 11.3 Å². The maximum atomic E-state index is 12.7. The van der Waals surface area contributed by atoms with Gasteiger partial charge < -0.3 is 5.32 Å². The van der Waals surface area contributed by atoms with Crippen LogP contribution in [0.25, 0.3) is 11.4 Å². The molecule has 0 bridgehead atoms. The van der Waals surface area contributed by atoms with Crippen molar-refractivity contribution in [3.05, 3.63) is 39.8 Å². The molecule has 1 N–H and O–H groups in total. The van der Waals surface area contributed by atoms with Gasteiger partial charge in [-0.3, -0.25) is 4.79 Å². The lowest BCUT2D eigenvalue weighted by molar-refractivity contribution is 0.103. The van der Waals surface area contributed by atoms with Gasteiger partial charge in [0.1, 0.15) is 4.88 Å². The smallest absolute Gasteiger partial charge is 0.267 e. The van der Waals surface area contributed by atoms with E-state index in [1.54, 1.807) is 0 Å². The van der Waals surface area contributed by atoms with Crippen LogP contribution < -0.4 is 5.32 Å². The normalized spacial score (nSPS) is 13.9. The number of aryl methyl sites for hydroxylation is 1. The number of carbonyl (C=O) groups excluding carboxylic acids is 1. The first-order valence-corrected chi connectivity index (χ1v) is 9.99. The van der Waals surface area contributed by atoms with Crippen molar-refractivity contribution < 1.29 is 4.79 Å². The van der Waals surface area contributed by atoms with Gasteiger partial charge in [-0.15, -0.1) is 16.4 Å². The second-order valence-corrected chi connectivity index (χ2v) is 8.42. The molecule has 1 aromatic carbocycles. The monoisotopic (exact) mass is 382 g/mol. The number of thiazole rings is 1. The molecule has 0 radical (unpaired) electrons. The predicted octanol–water partition coefficient (Wildman–Crippen LogP) is 3.89. The van der Waals surface area contributed by atoms with Gasteiger partial charge in [0.05, 0.1) is 16.7 Å². The quantitative estimate of drug-likeness (QED) is 0.699. The summed E-state index contributed by atoms with van der Waals surface area (Å²) in [5.41, 5.74) is 2.40. The van der Waals surface area contributed by atoms with Gasteiger partial charge in [-0.1, -0.05) is 26.0 Å². The Kier molecular flexibility index (Phi) is 4.73. The summed E-state index contributed by atoms with van der Waals surface area (Å²) >= 11 is 1.47. The number of aromatic nitrogens is 5. The molecular formula is C19H22N6OS. The molecule has 4 rings (SSSR count). The van der Waals surface area contributed by atoms with Crippen LogP contribution in [0.4, 0.5) is 5.69 Å². The first-order chi connectivity index (χ1) is 13.0. The standard InChI is InChI=1S/C19H22N6OS/c1-11(2)9-16-20-12(3)17(27-16)19(26)21-14-6-4-5-13(10-14)18-22-23-24-25(18)15-7-8-15/h4-6,10-11,15H,7-9H2,1-3H3,(H,21,26). The van der Waals surface area contributed by atoms with Crippen LogP contribution in [-0.4, -0.2) is 31.1 Å². The van der Waals surface area contributed by atoms with Crippen LogP contribution in [0.3, 0.4) is 0 Å². The predicted molar refractivity (Wildman–Crippen MR) is 105 cm³/mol. The van der Waals surface area contributed by atoms with E-state index in [0.29, 0.717) is 16.8 Å². The molecule has 1 fully saturated rings. The fourth-order valence-corrected chi connectivity index (χ4v) is 4.14. The molecule has 2 heterocycles. The third kappa shape index (κ3) is 3.90. The molecule has 140 valence electrons. The number of nitrogens with one attached hydrogen (secondary N) is 1. The van der Waals surface area contributed by atoms with Gasteiger partial charge in [0.25, 0.3) is 5.91 Å². The molecular weight excluding hydrogens is 360 g/mol. The number of nitrogens with zero attached hydrogens (tertiary/aromatic N) is 5. The Bertz CT molecular complexity index is 972. The molecule has 0 atom stereocenters. The van der Waals surface area contributed by atoms with Crippen LogP contribution in [0, 0.1) is 12.8 Å². The Hall–Kier alpha value is -2.61. The molecule has 1 saturated carbocycles. The largest absolute Gasteiger partial charge is 0.321 e. The van der Waals surface area contributed by atoms with Gasteiger partial charge in [0.15, 0.2) is 5.82 Å². The average molecular weight is 382 g/mol. The molecule has 0 saturated heterocycles. The molecule has 1 aliphatic rings. The zero-order valence-corrected chi connectivity index (χ0v) is 16.5. The highest BCUT2D eigenvalue weighted by Gasteiger charge is 2.28. The van der Waals surface area contributed by atoms with Crippen molar-refractivity contribution in [1.82, 2.24) is 25.2 Å². The summed E-state index contributed by atoms with van der Waals surface area (Å²) in [6.07, 6.45) is 3.10. The van der Waals surface area contributed by atoms with E-state index < -0.39 is 0 Å². The first-order valence-electron chi connectivity index (χ1n) is 9.17. The highest BCUT2D eigenvalue weighted by atomic mass is 32.1. The molecule has 0 spiro atoms. The van der Waals surface area contributed by atoms with Gasteiger partial charge in [0.2, 0.25) is 0 Å². The molecule has 8 heteroatoms. The molecule has 1 amide bonds. The molecule has 3 aromatic rings. The number of hydrogen-bond donors (Lipinski definition) is 1. The Morgan fingerprint density at radius 3 is 2.93 bits per heavy atom. The zero-order chi connectivity index (χ0) is 19.0. The van der Waals surface area contributed by atoms with E-state index >= 15 is 0 Å². The lowest BCUT2D eigenvalue weighted by Crippen LogP contribution is -2.11. The number of hydrogen-bond acceptors (Lipinski definition) is 6. The third-order valence-corrected chi connectivity index (χ3v) is 5.57. The Balaban J connectivity index is 1.54. The van der Waals surface area contributed by atoms with E-state index in [0.717, 1.165) is 47.0 Å². The van der Waals surface area contributed by atoms with E-state index in [1.807, 2.05) is 35.9 Å². The van der Waals surface area contributed by atoms with Crippen molar-refractivity contribution in [3.8, 4) is 11.4 Å². The highest BCUT2D eigenvalue weighted by Crippen LogP contribution is 2.36. The van der Waals surface area contributed by atoms with E-state index in [2.05, 4.69) is 39.7 Å². The second-order valence-electron chi connectivity index (χ2n) is 7.33. The van der Waals surface area contributed by atoms with E-state index in [-0.39, 0.29) is 5.91 Å². The fraction of sp³-hybridized carbons (Fsp3) is 0.421. The average Bonchev–Trinajstić information content (AvgIpc) is 3.23. The van der Waals surface area contributed by atoms with Gasteiger partial charge in [0, 0.05) is 17.7 Å². The Morgan fingerprint density at radius 1 is 1.37 bits per heavy atom. The minimum Gasteiger partial charge on any atom is -0.321 e. The molecule has 27 heavy (non-hydrogen) atoms. The number of carbonyl (C=O) groups is 1. The Morgan fingerprint density at radius 2 is 2.19 bits per heavy atom. The van der Waals surface area contributed by atoms with Crippen LogP contribution in [0.1, 0.15) is 53.1 Å². The Labute approximate surface area is 161 Å². The van der Waals surface area contributed by atoms with Gasteiger partial charge >= 0.3 is 0 Å². The molecule has 0 unspecified atom stereocenters. The van der Waals surface area contributed by atoms with Crippen molar-refractivity contribution in [2.75, 3.05) is 5.32 Å². The van der Waals surface area contributed by atoms with Crippen molar-refractivity contribution in [2.45, 2.75) is 46.1 Å². The summed E-state index contributed by atoms with van der Waals surface area (Å²) in [4.78, 5) is 17.9. The maximum Gasteiger partial charge on any atom is 0.267 e. The summed E-state index contributed by atoms with van der Waals surface area (Å²) in [7, 11) is 0. The van der Waals surface area contributed by atoms with Crippen LogP contribution in [-0.2, 0) is 6.42 Å². The summed E-state index contributed by atoms with van der Waals surface area (Å²) in [6, 6.07) is 8.04.